The first kappa shape index (κ1) is 13.3. The van der Waals surface area contributed by atoms with Gasteiger partial charge in [-0.3, -0.25) is 0 Å². The first-order valence-electron chi connectivity index (χ1n) is 6.10. The molecule has 6 heteroatoms. The standard InChI is InChI=1S/C13H13ClIN3O/c14-12-5-10(15)3-4-11(12)13(19,9-1-2-9)6-18-8-16-7-17-18/h3-5,7-9,19H,1-2,6H2. The van der Waals surface area contributed by atoms with Crippen LogP contribution in [0.25, 0.3) is 0 Å². The van der Waals surface area contributed by atoms with Crippen molar-refractivity contribution in [2.24, 2.45) is 5.92 Å². The Morgan fingerprint density at radius 1 is 1.47 bits per heavy atom. The van der Waals surface area contributed by atoms with E-state index in [4.69, 9.17) is 11.6 Å². The molecule has 2 aromatic rings. The Kier molecular flexibility index (Phi) is 3.53. The van der Waals surface area contributed by atoms with E-state index in [9.17, 15) is 5.11 Å². The van der Waals surface area contributed by atoms with Crippen molar-refractivity contribution in [3.8, 4) is 0 Å². The van der Waals surface area contributed by atoms with Crippen molar-refractivity contribution in [1.29, 1.82) is 0 Å². The van der Waals surface area contributed by atoms with Gasteiger partial charge in [0.05, 0.1) is 6.54 Å². The quantitative estimate of drug-likeness (QED) is 0.818. The van der Waals surface area contributed by atoms with Crippen molar-refractivity contribution < 1.29 is 5.11 Å². The zero-order valence-electron chi connectivity index (χ0n) is 10.1. The van der Waals surface area contributed by atoms with Gasteiger partial charge in [0.25, 0.3) is 0 Å². The summed E-state index contributed by atoms with van der Waals surface area (Å²) in [5.41, 5.74) is -0.178. The number of nitrogens with zero attached hydrogens (tertiary/aromatic N) is 3. The van der Waals surface area contributed by atoms with E-state index in [1.807, 2.05) is 18.2 Å². The fourth-order valence-electron chi connectivity index (χ4n) is 2.40. The summed E-state index contributed by atoms with van der Waals surface area (Å²) in [5.74, 6) is 0.245. The highest BCUT2D eigenvalue weighted by atomic mass is 127. The van der Waals surface area contributed by atoms with E-state index >= 15 is 0 Å². The van der Waals surface area contributed by atoms with Crippen molar-refractivity contribution in [3.63, 3.8) is 0 Å². The first-order chi connectivity index (χ1) is 9.09. The summed E-state index contributed by atoms with van der Waals surface area (Å²) in [7, 11) is 0. The van der Waals surface area contributed by atoms with E-state index in [1.165, 1.54) is 6.33 Å². The molecule has 0 bridgehead atoms. The Hall–Kier alpha value is -0.660. The third kappa shape index (κ3) is 2.64. The van der Waals surface area contributed by atoms with Gasteiger partial charge in [0.15, 0.2) is 0 Å². The molecule has 100 valence electrons. The monoisotopic (exact) mass is 389 g/mol. The molecule has 0 spiro atoms. The largest absolute Gasteiger partial charge is 0.383 e. The maximum absolute atomic E-state index is 11.1. The van der Waals surface area contributed by atoms with Gasteiger partial charge >= 0.3 is 0 Å². The Labute approximate surface area is 129 Å². The molecule has 1 atom stereocenters. The van der Waals surface area contributed by atoms with Crippen molar-refractivity contribution >= 4 is 34.2 Å². The molecule has 1 aromatic heterocycles. The maximum Gasteiger partial charge on any atom is 0.137 e. The van der Waals surface area contributed by atoms with Gasteiger partial charge in [-0.05, 0) is 53.5 Å². The van der Waals surface area contributed by atoms with E-state index in [0.29, 0.717) is 11.6 Å². The molecule has 0 aliphatic heterocycles. The highest BCUT2D eigenvalue weighted by Crippen LogP contribution is 2.48. The second kappa shape index (κ2) is 5.03. The van der Waals surface area contributed by atoms with Crippen LogP contribution in [0.15, 0.2) is 30.9 Å². The van der Waals surface area contributed by atoms with E-state index in [-0.39, 0.29) is 5.92 Å². The van der Waals surface area contributed by atoms with Crippen molar-refractivity contribution in [3.05, 3.63) is 45.0 Å². The van der Waals surface area contributed by atoms with Crippen LogP contribution in [0.5, 0.6) is 0 Å². The van der Waals surface area contributed by atoms with Gasteiger partial charge in [-0.2, -0.15) is 5.10 Å². The summed E-state index contributed by atoms with van der Waals surface area (Å²) in [4.78, 5) is 3.92. The Morgan fingerprint density at radius 3 is 2.84 bits per heavy atom. The number of aliphatic hydroxyl groups is 1. The zero-order chi connectivity index (χ0) is 13.5. The predicted octanol–water partition coefficient (Wildman–Crippen LogP) is 2.83. The van der Waals surface area contributed by atoms with Gasteiger partial charge in [-0.1, -0.05) is 17.7 Å². The van der Waals surface area contributed by atoms with Crippen molar-refractivity contribution in [2.75, 3.05) is 0 Å². The smallest absolute Gasteiger partial charge is 0.137 e. The number of rotatable bonds is 4. The lowest BCUT2D eigenvalue weighted by molar-refractivity contribution is -0.00767. The lowest BCUT2D eigenvalue weighted by atomic mass is 9.88. The molecular weight excluding hydrogens is 377 g/mol. The van der Waals surface area contributed by atoms with Gasteiger partial charge in [-0.15, -0.1) is 0 Å². The third-order valence-corrected chi connectivity index (χ3v) is 4.50. The van der Waals surface area contributed by atoms with Crippen LogP contribution >= 0.6 is 34.2 Å². The molecule has 1 aliphatic carbocycles. The molecule has 1 heterocycles. The molecule has 1 aromatic carbocycles. The van der Waals surface area contributed by atoms with E-state index < -0.39 is 5.60 Å². The van der Waals surface area contributed by atoms with Crippen LogP contribution in [0, 0.1) is 9.49 Å². The SMILES string of the molecule is OC(Cn1cncn1)(c1ccc(I)cc1Cl)C1CC1. The fraction of sp³-hybridized carbons (Fsp3) is 0.385. The molecule has 0 amide bonds. The lowest BCUT2D eigenvalue weighted by Crippen LogP contribution is -2.34. The topological polar surface area (TPSA) is 50.9 Å². The summed E-state index contributed by atoms with van der Waals surface area (Å²) in [6.45, 7) is 0.387. The molecule has 1 fully saturated rings. The first-order valence-corrected chi connectivity index (χ1v) is 7.55. The predicted molar refractivity (Wildman–Crippen MR) is 80.8 cm³/mol. The molecule has 1 unspecified atom stereocenters. The molecule has 0 saturated heterocycles. The van der Waals surface area contributed by atoms with E-state index in [1.54, 1.807) is 11.0 Å². The molecular formula is C13H13ClIN3O. The van der Waals surface area contributed by atoms with Gasteiger partial charge in [0.2, 0.25) is 0 Å². The Morgan fingerprint density at radius 2 is 2.26 bits per heavy atom. The second-order valence-electron chi connectivity index (χ2n) is 4.92. The Bertz CT molecular complexity index is 586. The number of benzene rings is 1. The van der Waals surface area contributed by atoms with Gasteiger partial charge in [0, 0.05) is 14.2 Å². The second-order valence-corrected chi connectivity index (χ2v) is 6.57. The molecule has 19 heavy (non-hydrogen) atoms. The maximum atomic E-state index is 11.1. The number of hydrogen-bond donors (Lipinski definition) is 1. The average molecular weight is 390 g/mol. The highest BCUT2D eigenvalue weighted by molar-refractivity contribution is 14.1. The van der Waals surface area contributed by atoms with Gasteiger partial charge in [0.1, 0.15) is 18.3 Å². The highest BCUT2D eigenvalue weighted by Gasteiger charge is 2.46. The number of hydrogen-bond acceptors (Lipinski definition) is 3. The summed E-state index contributed by atoms with van der Waals surface area (Å²) in [5, 5.41) is 15.8. The van der Waals surface area contributed by atoms with Gasteiger partial charge in [-0.25, -0.2) is 9.67 Å². The molecule has 3 rings (SSSR count). The molecule has 0 radical (unpaired) electrons. The number of aromatic nitrogens is 3. The third-order valence-electron chi connectivity index (χ3n) is 3.52. The number of halogens is 2. The normalized spacial score (nSPS) is 18.3. The minimum Gasteiger partial charge on any atom is -0.383 e. The molecule has 1 N–H and O–H groups in total. The van der Waals surface area contributed by atoms with Gasteiger partial charge < -0.3 is 5.11 Å². The van der Waals surface area contributed by atoms with Crippen LogP contribution in [0.3, 0.4) is 0 Å². The van der Waals surface area contributed by atoms with Crippen LogP contribution in [-0.2, 0) is 12.1 Å². The lowest BCUT2D eigenvalue weighted by Gasteiger charge is -2.29. The van der Waals surface area contributed by atoms with Crippen LogP contribution in [0.2, 0.25) is 5.02 Å². The fourth-order valence-corrected chi connectivity index (χ4v) is 3.42. The Balaban J connectivity index is 1.99. The summed E-state index contributed by atoms with van der Waals surface area (Å²) in [6, 6.07) is 5.77. The molecule has 4 nitrogen and oxygen atoms in total. The molecule has 1 aliphatic rings. The average Bonchev–Trinajstić information content (AvgIpc) is 3.10. The summed E-state index contributed by atoms with van der Waals surface area (Å²) >= 11 is 8.53. The van der Waals surface area contributed by atoms with Crippen LogP contribution in [0.4, 0.5) is 0 Å². The zero-order valence-corrected chi connectivity index (χ0v) is 13.0. The summed E-state index contributed by atoms with van der Waals surface area (Å²) in [6.07, 6.45) is 5.14. The van der Waals surface area contributed by atoms with Crippen LogP contribution < -0.4 is 0 Å². The van der Waals surface area contributed by atoms with Crippen LogP contribution in [0.1, 0.15) is 18.4 Å². The van der Waals surface area contributed by atoms with Crippen LogP contribution in [-0.4, -0.2) is 19.9 Å². The van der Waals surface area contributed by atoms with Crippen molar-refractivity contribution in [1.82, 2.24) is 14.8 Å². The van der Waals surface area contributed by atoms with Crippen molar-refractivity contribution in [2.45, 2.75) is 25.0 Å². The van der Waals surface area contributed by atoms with E-state index in [2.05, 4.69) is 32.7 Å². The molecule has 1 saturated carbocycles. The summed E-state index contributed by atoms with van der Waals surface area (Å²) < 4.78 is 2.72. The van der Waals surface area contributed by atoms with E-state index in [0.717, 1.165) is 22.0 Å². The minimum absolute atomic E-state index is 0.245. The minimum atomic E-state index is -0.963.